The SMILES string of the molecule is CC(C)(C)NS(=O)(=O)c1ccc(CCC(=O)N2CCN(c3ccccc3F)CC2)cc1. The van der Waals surface area contributed by atoms with Crippen LogP contribution in [0.15, 0.2) is 53.4 Å². The lowest BCUT2D eigenvalue weighted by atomic mass is 10.1. The smallest absolute Gasteiger partial charge is 0.241 e. The van der Waals surface area contributed by atoms with E-state index in [4.69, 9.17) is 0 Å². The number of amides is 1. The number of carbonyl (C=O) groups is 1. The van der Waals surface area contributed by atoms with E-state index < -0.39 is 15.6 Å². The first-order valence-corrected chi connectivity index (χ1v) is 11.9. The Balaban J connectivity index is 1.51. The second kappa shape index (κ2) is 9.36. The number of sulfonamides is 1. The molecule has 0 bridgehead atoms. The number of nitrogens with zero attached hydrogens (tertiary/aromatic N) is 2. The van der Waals surface area contributed by atoms with Crippen LogP contribution in [-0.2, 0) is 21.2 Å². The molecule has 0 atom stereocenters. The summed E-state index contributed by atoms with van der Waals surface area (Å²) >= 11 is 0. The Bertz CT molecular complexity index is 1010. The number of halogens is 1. The van der Waals surface area contributed by atoms with E-state index in [1.165, 1.54) is 6.07 Å². The predicted octanol–water partition coefficient (Wildman–Crippen LogP) is 3.18. The molecule has 0 saturated carbocycles. The van der Waals surface area contributed by atoms with Crippen LogP contribution in [0.5, 0.6) is 0 Å². The van der Waals surface area contributed by atoms with Crippen molar-refractivity contribution in [1.82, 2.24) is 9.62 Å². The van der Waals surface area contributed by atoms with E-state index in [9.17, 15) is 17.6 Å². The Kier molecular flexibility index (Phi) is 7.01. The molecular formula is C23H30FN3O3S. The van der Waals surface area contributed by atoms with Gasteiger partial charge in [0.1, 0.15) is 5.82 Å². The molecule has 1 saturated heterocycles. The van der Waals surface area contributed by atoms with Crippen LogP contribution in [0.3, 0.4) is 0 Å². The summed E-state index contributed by atoms with van der Waals surface area (Å²) in [5.41, 5.74) is 0.930. The summed E-state index contributed by atoms with van der Waals surface area (Å²) in [6, 6.07) is 13.3. The van der Waals surface area contributed by atoms with Crippen molar-refractivity contribution >= 4 is 21.6 Å². The molecule has 6 nitrogen and oxygen atoms in total. The number of aryl methyl sites for hydroxylation is 1. The highest BCUT2D eigenvalue weighted by molar-refractivity contribution is 7.89. The number of rotatable bonds is 6. The van der Waals surface area contributed by atoms with E-state index in [1.807, 2.05) is 15.9 Å². The van der Waals surface area contributed by atoms with E-state index in [0.717, 1.165) is 5.56 Å². The van der Waals surface area contributed by atoms with Crippen molar-refractivity contribution in [3.63, 3.8) is 0 Å². The summed E-state index contributed by atoms with van der Waals surface area (Å²) < 4.78 is 41.3. The summed E-state index contributed by atoms with van der Waals surface area (Å²) in [5, 5.41) is 0. The zero-order valence-electron chi connectivity index (χ0n) is 18.3. The van der Waals surface area contributed by atoms with Crippen LogP contribution in [0.1, 0.15) is 32.8 Å². The van der Waals surface area contributed by atoms with Crippen molar-refractivity contribution in [2.75, 3.05) is 31.1 Å². The normalized spacial score (nSPS) is 15.2. The highest BCUT2D eigenvalue weighted by Gasteiger charge is 2.23. The molecule has 31 heavy (non-hydrogen) atoms. The predicted molar refractivity (Wildman–Crippen MR) is 120 cm³/mol. The number of benzene rings is 2. The third-order valence-electron chi connectivity index (χ3n) is 5.13. The number of hydrogen-bond acceptors (Lipinski definition) is 4. The lowest BCUT2D eigenvalue weighted by molar-refractivity contribution is -0.131. The van der Waals surface area contributed by atoms with Gasteiger partial charge in [-0.2, -0.15) is 0 Å². The van der Waals surface area contributed by atoms with Crippen molar-refractivity contribution in [3.05, 3.63) is 59.9 Å². The maximum atomic E-state index is 14.0. The van der Waals surface area contributed by atoms with Gasteiger partial charge >= 0.3 is 0 Å². The van der Waals surface area contributed by atoms with Gasteiger partial charge in [0.15, 0.2) is 0 Å². The summed E-state index contributed by atoms with van der Waals surface area (Å²) in [6.45, 7) is 7.69. The van der Waals surface area contributed by atoms with Crippen molar-refractivity contribution < 1.29 is 17.6 Å². The fourth-order valence-electron chi connectivity index (χ4n) is 3.61. The molecule has 1 aliphatic heterocycles. The van der Waals surface area contributed by atoms with Gasteiger partial charge < -0.3 is 9.80 Å². The zero-order chi connectivity index (χ0) is 22.6. The molecule has 3 rings (SSSR count). The molecule has 0 aliphatic carbocycles. The minimum absolute atomic E-state index is 0.0549. The Morgan fingerprint density at radius 1 is 1.00 bits per heavy atom. The van der Waals surface area contributed by atoms with Crippen LogP contribution < -0.4 is 9.62 Å². The van der Waals surface area contributed by atoms with Gasteiger partial charge in [-0.15, -0.1) is 0 Å². The highest BCUT2D eigenvalue weighted by atomic mass is 32.2. The second-order valence-electron chi connectivity index (χ2n) is 8.82. The van der Waals surface area contributed by atoms with Gasteiger partial charge in [-0.3, -0.25) is 4.79 Å². The first kappa shape index (κ1) is 23.2. The average Bonchev–Trinajstić information content (AvgIpc) is 2.71. The topological polar surface area (TPSA) is 69.7 Å². The van der Waals surface area contributed by atoms with E-state index in [2.05, 4.69) is 4.72 Å². The molecule has 168 valence electrons. The Morgan fingerprint density at radius 2 is 1.61 bits per heavy atom. The number of hydrogen-bond donors (Lipinski definition) is 1. The van der Waals surface area contributed by atoms with E-state index >= 15 is 0 Å². The Hall–Kier alpha value is -2.45. The van der Waals surface area contributed by atoms with E-state index in [1.54, 1.807) is 57.2 Å². The van der Waals surface area contributed by atoms with E-state index in [-0.39, 0.29) is 16.6 Å². The van der Waals surface area contributed by atoms with Crippen LogP contribution >= 0.6 is 0 Å². The molecule has 0 radical (unpaired) electrons. The largest absolute Gasteiger partial charge is 0.366 e. The molecule has 2 aromatic rings. The minimum atomic E-state index is -3.57. The number of para-hydroxylation sites is 1. The summed E-state index contributed by atoms with van der Waals surface area (Å²) in [5.74, 6) is -0.190. The first-order valence-electron chi connectivity index (χ1n) is 10.5. The number of nitrogens with one attached hydrogen (secondary N) is 1. The first-order chi connectivity index (χ1) is 14.5. The van der Waals surface area contributed by atoms with Crippen LogP contribution in [0.4, 0.5) is 10.1 Å². The lowest BCUT2D eigenvalue weighted by Gasteiger charge is -2.36. The third-order valence-corrected chi connectivity index (χ3v) is 6.90. The van der Waals surface area contributed by atoms with Crippen LogP contribution in [0, 0.1) is 5.82 Å². The molecule has 2 aromatic carbocycles. The Morgan fingerprint density at radius 3 is 2.19 bits per heavy atom. The molecule has 8 heteroatoms. The molecular weight excluding hydrogens is 417 g/mol. The molecule has 1 amide bonds. The van der Waals surface area contributed by atoms with Gasteiger partial charge in [0.2, 0.25) is 15.9 Å². The van der Waals surface area contributed by atoms with Crippen LogP contribution in [0.25, 0.3) is 0 Å². The molecule has 1 heterocycles. The van der Waals surface area contributed by atoms with Gasteiger partial charge in [0.05, 0.1) is 10.6 Å². The highest BCUT2D eigenvalue weighted by Crippen LogP contribution is 2.21. The number of carbonyl (C=O) groups excluding carboxylic acids is 1. The van der Waals surface area contributed by atoms with E-state index in [0.29, 0.717) is 44.7 Å². The fourth-order valence-corrected chi connectivity index (χ4v) is 5.03. The standard InChI is InChI=1S/C23H30FN3O3S/c1-23(2,3)25-31(29,30)19-11-8-18(9-12-19)10-13-22(28)27-16-14-26(15-17-27)21-7-5-4-6-20(21)24/h4-9,11-12,25H,10,13-17H2,1-3H3. The van der Waals surface area contributed by atoms with Crippen LogP contribution in [-0.4, -0.2) is 50.9 Å². The summed E-state index contributed by atoms with van der Waals surface area (Å²) in [4.78, 5) is 16.6. The minimum Gasteiger partial charge on any atom is -0.366 e. The van der Waals surface area contributed by atoms with Gasteiger partial charge in [0.25, 0.3) is 0 Å². The van der Waals surface area contributed by atoms with Crippen molar-refractivity contribution in [2.45, 2.75) is 44.0 Å². The summed E-state index contributed by atoms with van der Waals surface area (Å²) in [7, 11) is -3.57. The third kappa shape index (κ3) is 6.27. The lowest BCUT2D eigenvalue weighted by Crippen LogP contribution is -2.49. The maximum Gasteiger partial charge on any atom is 0.241 e. The fraction of sp³-hybridized carbons (Fsp3) is 0.435. The van der Waals surface area contributed by atoms with Crippen molar-refractivity contribution in [1.29, 1.82) is 0 Å². The molecule has 1 aliphatic rings. The number of piperazine rings is 1. The monoisotopic (exact) mass is 447 g/mol. The molecule has 0 unspecified atom stereocenters. The molecule has 1 fully saturated rings. The number of anilines is 1. The van der Waals surface area contributed by atoms with Crippen LogP contribution in [0.2, 0.25) is 0 Å². The van der Waals surface area contributed by atoms with Crippen molar-refractivity contribution in [3.8, 4) is 0 Å². The quantitative estimate of drug-likeness (QED) is 0.739. The Labute approximate surface area is 184 Å². The average molecular weight is 448 g/mol. The molecule has 0 aromatic heterocycles. The van der Waals surface area contributed by atoms with Crippen molar-refractivity contribution in [2.24, 2.45) is 0 Å². The van der Waals surface area contributed by atoms with Gasteiger partial charge in [-0.05, 0) is 57.0 Å². The molecule has 0 spiro atoms. The molecule has 1 N–H and O–H groups in total. The second-order valence-corrected chi connectivity index (χ2v) is 10.5. The van der Waals surface area contributed by atoms with Gasteiger partial charge in [-0.25, -0.2) is 17.5 Å². The summed E-state index contributed by atoms with van der Waals surface area (Å²) in [6.07, 6.45) is 0.894. The van der Waals surface area contributed by atoms with Gasteiger partial charge in [-0.1, -0.05) is 24.3 Å². The zero-order valence-corrected chi connectivity index (χ0v) is 19.1. The maximum absolute atomic E-state index is 14.0. The van der Waals surface area contributed by atoms with Gasteiger partial charge in [0, 0.05) is 38.1 Å².